The Hall–Kier alpha value is -3.47. The van der Waals surface area contributed by atoms with Crippen molar-refractivity contribution in [3.63, 3.8) is 0 Å². The largest absolute Gasteiger partial charge is 0.497 e. The highest BCUT2D eigenvalue weighted by Gasteiger charge is 2.17. The van der Waals surface area contributed by atoms with Crippen molar-refractivity contribution in [3.05, 3.63) is 83.6 Å². The van der Waals surface area contributed by atoms with Crippen molar-refractivity contribution in [1.82, 2.24) is 4.98 Å². The lowest BCUT2D eigenvalue weighted by atomic mass is 10.0. The molecule has 0 spiro atoms. The summed E-state index contributed by atoms with van der Waals surface area (Å²) in [6.45, 7) is 1.47. The molecule has 0 aliphatic rings. The maximum absolute atomic E-state index is 12.9. The third-order valence-corrected chi connectivity index (χ3v) is 3.82. The van der Waals surface area contributed by atoms with Gasteiger partial charge in [-0.05, 0) is 31.2 Å². The normalized spacial score (nSPS) is 10.2. The van der Waals surface area contributed by atoms with Crippen LogP contribution < -0.4 is 9.47 Å². The predicted molar refractivity (Wildman–Crippen MR) is 97.2 cm³/mol. The van der Waals surface area contributed by atoms with Gasteiger partial charge in [-0.15, -0.1) is 0 Å². The van der Waals surface area contributed by atoms with Crippen molar-refractivity contribution in [2.24, 2.45) is 0 Å². The van der Waals surface area contributed by atoms with Crippen molar-refractivity contribution in [2.75, 3.05) is 7.11 Å². The van der Waals surface area contributed by atoms with Gasteiger partial charge < -0.3 is 9.47 Å². The maximum Gasteiger partial charge on any atom is 0.219 e. The average Bonchev–Trinajstić information content (AvgIpc) is 2.69. The Morgan fingerprint density at radius 1 is 0.923 bits per heavy atom. The minimum absolute atomic E-state index is 0.0755. The first-order chi connectivity index (χ1) is 12.6. The van der Waals surface area contributed by atoms with Crippen LogP contribution in [0, 0.1) is 0 Å². The van der Waals surface area contributed by atoms with Gasteiger partial charge >= 0.3 is 0 Å². The number of aromatic nitrogens is 1. The van der Waals surface area contributed by atoms with Gasteiger partial charge in [0.25, 0.3) is 0 Å². The summed E-state index contributed by atoms with van der Waals surface area (Å²) in [5.41, 5.74) is 1.41. The molecule has 0 atom stereocenters. The van der Waals surface area contributed by atoms with E-state index in [2.05, 4.69) is 4.98 Å². The number of carbonyl (C=O) groups is 2. The molecule has 2 aromatic carbocycles. The molecule has 0 saturated heterocycles. The number of nitrogens with zero attached hydrogens (tertiary/aromatic N) is 1. The molecule has 1 aromatic heterocycles. The van der Waals surface area contributed by atoms with Gasteiger partial charge in [0.2, 0.25) is 5.88 Å². The minimum Gasteiger partial charge on any atom is -0.497 e. The fourth-order valence-electron chi connectivity index (χ4n) is 2.41. The quantitative estimate of drug-likeness (QED) is 0.622. The summed E-state index contributed by atoms with van der Waals surface area (Å²) in [5, 5.41) is 0. The number of ether oxygens (including phenoxy) is 2. The van der Waals surface area contributed by atoms with Crippen molar-refractivity contribution in [2.45, 2.75) is 6.92 Å². The van der Waals surface area contributed by atoms with Crippen LogP contribution in [0.2, 0.25) is 0 Å². The first-order valence-electron chi connectivity index (χ1n) is 8.01. The van der Waals surface area contributed by atoms with E-state index < -0.39 is 0 Å². The summed E-state index contributed by atoms with van der Waals surface area (Å²) < 4.78 is 11.0. The van der Waals surface area contributed by atoms with Crippen LogP contribution in [0.25, 0.3) is 0 Å². The van der Waals surface area contributed by atoms with Crippen LogP contribution in [0.5, 0.6) is 17.4 Å². The molecule has 0 bridgehead atoms. The first kappa shape index (κ1) is 17.4. The van der Waals surface area contributed by atoms with Crippen LogP contribution >= 0.6 is 0 Å². The van der Waals surface area contributed by atoms with Crippen molar-refractivity contribution in [1.29, 1.82) is 0 Å². The molecule has 3 aromatic rings. The van der Waals surface area contributed by atoms with E-state index in [1.54, 1.807) is 54.6 Å². The first-order valence-corrected chi connectivity index (χ1v) is 8.01. The highest BCUT2D eigenvalue weighted by atomic mass is 16.5. The molecule has 5 heteroatoms. The maximum atomic E-state index is 12.9. The van der Waals surface area contributed by atoms with Gasteiger partial charge in [0.15, 0.2) is 11.6 Å². The smallest absolute Gasteiger partial charge is 0.219 e. The number of benzene rings is 2. The molecule has 0 aliphatic heterocycles. The van der Waals surface area contributed by atoms with Gasteiger partial charge in [0, 0.05) is 23.4 Å². The highest BCUT2D eigenvalue weighted by molar-refractivity contribution is 6.11. The van der Waals surface area contributed by atoms with E-state index in [0.717, 1.165) is 0 Å². The van der Waals surface area contributed by atoms with Crippen LogP contribution in [0.15, 0.2) is 66.9 Å². The molecule has 0 radical (unpaired) electrons. The van der Waals surface area contributed by atoms with Crippen LogP contribution in [0.3, 0.4) is 0 Å². The summed E-state index contributed by atoms with van der Waals surface area (Å²) in [6.07, 6.45) is 1.44. The van der Waals surface area contributed by atoms with Crippen LogP contribution in [0.1, 0.15) is 33.2 Å². The number of pyridine rings is 1. The second-order valence-corrected chi connectivity index (χ2v) is 5.60. The van der Waals surface area contributed by atoms with E-state index in [9.17, 15) is 9.59 Å². The van der Waals surface area contributed by atoms with Gasteiger partial charge in [-0.2, -0.15) is 0 Å². The second-order valence-electron chi connectivity index (χ2n) is 5.60. The van der Waals surface area contributed by atoms with Crippen molar-refractivity contribution >= 4 is 11.6 Å². The molecule has 0 aliphatic carbocycles. The summed E-state index contributed by atoms with van der Waals surface area (Å²) in [5.74, 6) is 0.954. The summed E-state index contributed by atoms with van der Waals surface area (Å²) >= 11 is 0. The topological polar surface area (TPSA) is 65.5 Å². The Morgan fingerprint density at radius 2 is 1.69 bits per heavy atom. The molecule has 0 fully saturated rings. The Morgan fingerprint density at radius 3 is 2.31 bits per heavy atom. The Kier molecular flexibility index (Phi) is 5.08. The van der Waals surface area contributed by atoms with Gasteiger partial charge in [0.1, 0.15) is 11.5 Å². The number of rotatable bonds is 6. The number of ketones is 2. The van der Waals surface area contributed by atoms with Crippen molar-refractivity contribution < 1.29 is 19.1 Å². The zero-order valence-electron chi connectivity index (χ0n) is 14.4. The van der Waals surface area contributed by atoms with E-state index in [0.29, 0.717) is 34.1 Å². The number of methoxy groups -OCH3 is 1. The van der Waals surface area contributed by atoms with Gasteiger partial charge in [-0.1, -0.05) is 30.3 Å². The Labute approximate surface area is 151 Å². The Bertz CT molecular complexity index is 934. The summed E-state index contributed by atoms with van der Waals surface area (Å²) in [6, 6.07) is 17.2. The molecule has 1 heterocycles. The molecule has 5 nitrogen and oxygen atoms in total. The fraction of sp³-hybridized carbons (Fsp3) is 0.0952. The number of hydrogen-bond donors (Lipinski definition) is 0. The zero-order valence-corrected chi connectivity index (χ0v) is 14.4. The van der Waals surface area contributed by atoms with E-state index >= 15 is 0 Å². The minimum atomic E-state index is -0.181. The van der Waals surface area contributed by atoms with Gasteiger partial charge in [-0.3, -0.25) is 9.59 Å². The molecule has 130 valence electrons. The van der Waals surface area contributed by atoms with Crippen molar-refractivity contribution in [3.8, 4) is 17.4 Å². The molecule has 26 heavy (non-hydrogen) atoms. The lowest BCUT2D eigenvalue weighted by Crippen LogP contribution is -2.04. The monoisotopic (exact) mass is 347 g/mol. The molecule has 0 N–H and O–H groups in total. The zero-order chi connectivity index (χ0) is 18.5. The number of Topliss-reactive ketones (excluding diaryl/α,β-unsaturated/α-hetero) is 1. The standard InChI is InChI=1S/C21H17NO4/c1-14(23)16-8-11-20(22-13-16)26-19-10-9-17(25-2)12-18(19)21(24)15-6-4-3-5-7-15/h3-13H,1-2H3. The SMILES string of the molecule is COc1ccc(Oc2ccc(C(C)=O)cn2)c(C(=O)c2ccccc2)c1. The molecule has 3 rings (SSSR count). The molecule has 0 saturated carbocycles. The number of carbonyl (C=O) groups excluding carboxylic acids is 2. The van der Waals surface area contributed by atoms with E-state index in [1.165, 1.54) is 20.2 Å². The number of hydrogen-bond acceptors (Lipinski definition) is 5. The van der Waals surface area contributed by atoms with Crippen LogP contribution in [0.4, 0.5) is 0 Å². The third-order valence-electron chi connectivity index (χ3n) is 3.82. The summed E-state index contributed by atoms with van der Waals surface area (Å²) in [4.78, 5) is 28.3. The third kappa shape index (κ3) is 3.78. The van der Waals surface area contributed by atoms with Crippen LogP contribution in [-0.4, -0.2) is 23.7 Å². The van der Waals surface area contributed by atoms with Crippen LogP contribution in [-0.2, 0) is 0 Å². The van der Waals surface area contributed by atoms with Gasteiger partial charge in [0.05, 0.1) is 12.7 Å². The molecule has 0 unspecified atom stereocenters. The second kappa shape index (κ2) is 7.61. The fourth-order valence-corrected chi connectivity index (χ4v) is 2.41. The average molecular weight is 347 g/mol. The molecular weight excluding hydrogens is 330 g/mol. The lowest BCUT2D eigenvalue weighted by molar-refractivity contribution is 0.101. The van der Waals surface area contributed by atoms with E-state index in [4.69, 9.17) is 9.47 Å². The molecular formula is C21H17NO4. The highest BCUT2D eigenvalue weighted by Crippen LogP contribution is 2.30. The van der Waals surface area contributed by atoms with E-state index in [1.807, 2.05) is 6.07 Å². The Balaban J connectivity index is 1.96. The van der Waals surface area contributed by atoms with E-state index in [-0.39, 0.29) is 11.6 Å². The van der Waals surface area contributed by atoms with Gasteiger partial charge in [-0.25, -0.2) is 4.98 Å². The lowest BCUT2D eigenvalue weighted by Gasteiger charge is -2.12. The predicted octanol–water partition coefficient (Wildman–Crippen LogP) is 4.32. The molecule has 0 amide bonds. The summed E-state index contributed by atoms with van der Waals surface area (Å²) in [7, 11) is 1.54.